The second-order valence-electron chi connectivity index (χ2n) is 15.0. The van der Waals surface area contributed by atoms with Crippen LogP contribution < -0.4 is 0 Å². The second kappa shape index (κ2) is 15.0. The summed E-state index contributed by atoms with van der Waals surface area (Å²) in [5, 5.41) is 5.96. The van der Waals surface area contributed by atoms with E-state index in [0.29, 0.717) is 17.5 Å². The summed E-state index contributed by atoms with van der Waals surface area (Å²) in [5.74, 6) is 1.94. The number of aromatic nitrogens is 4. The molecule has 0 N–H and O–H groups in total. The third-order valence-electron chi connectivity index (χ3n) is 11.4. The van der Waals surface area contributed by atoms with E-state index in [1.54, 1.807) is 0 Å². The molecule has 0 spiro atoms. The van der Waals surface area contributed by atoms with Gasteiger partial charge < -0.3 is 0 Å². The van der Waals surface area contributed by atoms with Crippen LogP contribution >= 0.6 is 0 Å². The average molecular weight is 765 g/mol. The van der Waals surface area contributed by atoms with Gasteiger partial charge in [-0.2, -0.15) is 0 Å². The summed E-state index contributed by atoms with van der Waals surface area (Å²) < 4.78 is 0. The molecule has 0 amide bonds. The molecule has 0 saturated carbocycles. The topological polar surface area (TPSA) is 51.6 Å². The fourth-order valence-electron chi connectivity index (χ4n) is 8.29. The molecule has 4 nitrogen and oxygen atoms in total. The minimum atomic E-state index is 0.639. The highest BCUT2D eigenvalue weighted by atomic mass is 15.0. The Morgan fingerprint density at radius 1 is 0.233 bits per heavy atom. The Hall–Kier alpha value is -8.08. The first kappa shape index (κ1) is 35.1. The first-order valence-electron chi connectivity index (χ1n) is 20.2. The molecule has 2 aromatic heterocycles. The summed E-state index contributed by atoms with van der Waals surface area (Å²) in [6.07, 6.45) is 0. The quantitative estimate of drug-likeness (QED) is 0.152. The first-order valence-corrected chi connectivity index (χ1v) is 20.2. The lowest BCUT2D eigenvalue weighted by Crippen LogP contribution is -2.00. The Bertz CT molecular complexity index is 3250. The summed E-state index contributed by atoms with van der Waals surface area (Å²) in [7, 11) is 0. The van der Waals surface area contributed by atoms with Gasteiger partial charge in [0, 0.05) is 44.0 Å². The molecule has 280 valence electrons. The van der Waals surface area contributed by atoms with Crippen LogP contribution in [0.2, 0.25) is 0 Å². The Kier molecular flexibility index (Phi) is 8.79. The van der Waals surface area contributed by atoms with Crippen LogP contribution in [-0.4, -0.2) is 19.9 Å². The Labute approximate surface area is 348 Å². The highest BCUT2D eigenvalue weighted by Gasteiger charge is 2.17. The van der Waals surface area contributed by atoms with Gasteiger partial charge in [0.1, 0.15) is 0 Å². The van der Waals surface area contributed by atoms with Crippen molar-refractivity contribution in [3.05, 3.63) is 218 Å². The molecule has 0 aliphatic heterocycles. The molecule has 0 fully saturated rings. The number of para-hydroxylation sites is 1. The zero-order chi connectivity index (χ0) is 39.8. The molecule has 0 saturated heterocycles. The third kappa shape index (κ3) is 6.47. The van der Waals surface area contributed by atoms with Gasteiger partial charge in [-0.1, -0.05) is 218 Å². The van der Waals surface area contributed by atoms with E-state index in [2.05, 4.69) is 158 Å². The second-order valence-corrected chi connectivity index (χ2v) is 15.0. The molecule has 0 unspecified atom stereocenters. The lowest BCUT2D eigenvalue weighted by atomic mass is 9.92. The molecule has 60 heavy (non-hydrogen) atoms. The molecule has 0 atom stereocenters. The molecule has 4 heteroatoms. The summed E-state index contributed by atoms with van der Waals surface area (Å²) in [4.78, 5) is 20.2. The number of hydrogen-bond acceptors (Lipinski definition) is 4. The number of rotatable bonds is 7. The van der Waals surface area contributed by atoms with Crippen LogP contribution in [0.4, 0.5) is 0 Å². The summed E-state index contributed by atoms with van der Waals surface area (Å²) in [5.41, 5.74) is 12.7. The maximum absolute atomic E-state index is 5.51. The van der Waals surface area contributed by atoms with Crippen LogP contribution in [0.3, 0.4) is 0 Å². The molecule has 2 heterocycles. The van der Waals surface area contributed by atoms with E-state index in [1.165, 1.54) is 27.3 Å². The monoisotopic (exact) mass is 764 g/mol. The van der Waals surface area contributed by atoms with Crippen molar-refractivity contribution >= 4 is 32.4 Å². The van der Waals surface area contributed by atoms with E-state index in [9.17, 15) is 0 Å². The predicted molar refractivity (Wildman–Crippen MR) is 248 cm³/mol. The molecular weight excluding hydrogens is 729 g/mol. The number of fused-ring (bicyclic) bond motifs is 5. The maximum atomic E-state index is 5.51. The molecule has 11 rings (SSSR count). The molecular formula is C56H36N4. The lowest BCUT2D eigenvalue weighted by Gasteiger charge is -2.15. The molecule has 0 aliphatic carbocycles. The molecule has 0 radical (unpaired) electrons. The normalized spacial score (nSPS) is 11.3. The summed E-state index contributed by atoms with van der Waals surface area (Å²) >= 11 is 0. The van der Waals surface area contributed by atoms with Gasteiger partial charge in [-0.15, -0.1) is 0 Å². The number of pyridine rings is 1. The first-order chi connectivity index (χ1) is 29.7. The van der Waals surface area contributed by atoms with Gasteiger partial charge in [0.05, 0.1) is 11.2 Å². The largest absolute Gasteiger partial charge is 0.246 e. The minimum absolute atomic E-state index is 0.639. The molecule has 11 aromatic rings. The van der Waals surface area contributed by atoms with Crippen molar-refractivity contribution < 1.29 is 0 Å². The van der Waals surface area contributed by atoms with E-state index in [1.807, 2.05) is 60.7 Å². The van der Waals surface area contributed by atoms with Crippen molar-refractivity contribution in [3.63, 3.8) is 0 Å². The van der Waals surface area contributed by atoms with Crippen LogP contribution in [0.25, 0.3) is 111 Å². The van der Waals surface area contributed by atoms with Gasteiger partial charge in [-0.25, -0.2) is 19.9 Å². The van der Waals surface area contributed by atoms with Crippen molar-refractivity contribution in [3.8, 4) is 78.8 Å². The molecule has 0 aliphatic rings. The van der Waals surface area contributed by atoms with Crippen LogP contribution in [0.5, 0.6) is 0 Å². The van der Waals surface area contributed by atoms with E-state index >= 15 is 0 Å². The van der Waals surface area contributed by atoms with Crippen molar-refractivity contribution in [2.45, 2.75) is 0 Å². The minimum Gasteiger partial charge on any atom is -0.246 e. The van der Waals surface area contributed by atoms with Crippen LogP contribution in [0.1, 0.15) is 0 Å². The zero-order valence-electron chi connectivity index (χ0n) is 32.6. The number of nitrogens with zero attached hydrogens (tertiary/aromatic N) is 4. The van der Waals surface area contributed by atoms with Crippen molar-refractivity contribution in [2.75, 3.05) is 0 Å². The van der Waals surface area contributed by atoms with Gasteiger partial charge in [-0.3, -0.25) is 0 Å². The Morgan fingerprint density at radius 3 is 1.22 bits per heavy atom. The predicted octanol–water partition coefficient (Wildman–Crippen LogP) is 14.4. The van der Waals surface area contributed by atoms with Crippen LogP contribution in [0.15, 0.2) is 218 Å². The molecule has 0 bridgehead atoms. The highest BCUT2D eigenvalue weighted by Crippen LogP contribution is 2.41. The number of hydrogen-bond donors (Lipinski definition) is 0. The van der Waals surface area contributed by atoms with Crippen molar-refractivity contribution in [2.24, 2.45) is 0 Å². The lowest BCUT2D eigenvalue weighted by molar-refractivity contribution is 1.07. The van der Waals surface area contributed by atoms with E-state index in [-0.39, 0.29) is 0 Å². The van der Waals surface area contributed by atoms with Crippen LogP contribution in [-0.2, 0) is 0 Å². The zero-order valence-corrected chi connectivity index (χ0v) is 32.6. The smallest absolute Gasteiger partial charge is 0.164 e. The number of benzene rings is 9. The van der Waals surface area contributed by atoms with Gasteiger partial charge in [0.15, 0.2) is 17.5 Å². The maximum Gasteiger partial charge on any atom is 0.164 e. The van der Waals surface area contributed by atoms with E-state index in [4.69, 9.17) is 19.9 Å². The standard InChI is InChI=1S/C56H36N4/c1-4-13-37(14-5-1)38-25-31-43(32-26-38)52-50-36-35-41-15-10-11-20-47(41)51(50)49-22-12-21-48(53(49)57-52)42-29-23-39(24-30-42)40-27-33-46(34-28-40)56-59-54(44-16-6-2-7-17-44)58-55(60-56)45-18-8-3-9-19-45/h1-36H. The van der Waals surface area contributed by atoms with Gasteiger partial charge in [-0.05, 0) is 38.6 Å². The van der Waals surface area contributed by atoms with Gasteiger partial charge >= 0.3 is 0 Å². The van der Waals surface area contributed by atoms with Gasteiger partial charge in [0.2, 0.25) is 0 Å². The van der Waals surface area contributed by atoms with Gasteiger partial charge in [0.25, 0.3) is 0 Å². The van der Waals surface area contributed by atoms with Crippen molar-refractivity contribution in [1.29, 1.82) is 0 Å². The Morgan fingerprint density at radius 2 is 0.650 bits per heavy atom. The fraction of sp³-hybridized carbons (Fsp3) is 0. The average Bonchev–Trinajstić information content (AvgIpc) is 3.34. The summed E-state index contributed by atoms with van der Waals surface area (Å²) in [6, 6.07) is 76.5. The van der Waals surface area contributed by atoms with Crippen LogP contribution in [0, 0.1) is 0 Å². The van der Waals surface area contributed by atoms with E-state index < -0.39 is 0 Å². The van der Waals surface area contributed by atoms with Crippen molar-refractivity contribution in [1.82, 2.24) is 19.9 Å². The third-order valence-corrected chi connectivity index (χ3v) is 11.4. The Balaban J connectivity index is 0.969. The molecule has 9 aromatic carbocycles. The summed E-state index contributed by atoms with van der Waals surface area (Å²) in [6.45, 7) is 0. The fourth-order valence-corrected chi connectivity index (χ4v) is 8.29. The SMILES string of the molecule is c1ccc(-c2ccc(-c3nc4c(-c5ccc(-c6ccc(-c7nc(-c8ccccc8)nc(-c8ccccc8)n7)cc6)cc5)cccc4c4c3ccc3ccccc34)cc2)cc1. The highest BCUT2D eigenvalue weighted by molar-refractivity contribution is 6.24. The van der Waals surface area contributed by atoms with E-state index in [0.717, 1.165) is 66.5 Å².